The van der Waals surface area contributed by atoms with E-state index in [0.717, 1.165) is 15.6 Å². The average Bonchev–Trinajstić information content (AvgIpc) is 2.33. The Hall–Kier alpha value is -0.610. The molecule has 0 bridgehead atoms. The van der Waals surface area contributed by atoms with Crippen LogP contribution in [0.2, 0.25) is 0 Å². The molecule has 0 amide bonds. The number of hydrogen-bond donors (Lipinski definition) is 0. The molecule has 0 saturated carbocycles. The van der Waals surface area contributed by atoms with E-state index in [-0.39, 0.29) is 11.2 Å². The summed E-state index contributed by atoms with van der Waals surface area (Å²) in [6.45, 7) is 4.17. The van der Waals surface area contributed by atoms with Gasteiger partial charge in [0.25, 0.3) is 0 Å². The zero-order valence-electron chi connectivity index (χ0n) is 10.9. The number of hydrogen-bond acceptors (Lipinski definition) is 0. The van der Waals surface area contributed by atoms with Crippen LogP contribution in [-0.4, -0.2) is 0 Å². The molecular formula is C16H15ClFI. The van der Waals surface area contributed by atoms with Crippen LogP contribution in [0.4, 0.5) is 4.39 Å². The Morgan fingerprint density at radius 3 is 2.58 bits per heavy atom. The first-order valence-electron chi connectivity index (χ1n) is 6.12. The van der Waals surface area contributed by atoms with Crippen molar-refractivity contribution in [2.45, 2.75) is 25.6 Å². The summed E-state index contributed by atoms with van der Waals surface area (Å²) in [4.78, 5) is 0. The third-order valence-corrected chi connectivity index (χ3v) is 4.53. The normalized spacial score (nSPS) is 12.5. The molecule has 2 aromatic carbocycles. The molecule has 0 aliphatic heterocycles. The van der Waals surface area contributed by atoms with Crippen molar-refractivity contribution in [3.63, 3.8) is 0 Å². The fourth-order valence-corrected chi connectivity index (χ4v) is 3.47. The van der Waals surface area contributed by atoms with Crippen LogP contribution in [0.15, 0.2) is 36.4 Å². The third kappa shape index (κ3) is 3.69. The molecule has 0 spiro atoms. The monoisotopic (exact) mass is 388 g/mol. The topological polar surface area (TPSA) is 0 Å². The van der Waals surface area contributed by atoms with Crippen molar-refractivity contribution in [3.8, 4) is 0 Å². The van der Waals surface area contributed by atoms with Gasteiger partial charge in [0.05, 0.1) is 5.38 Å². The molecule has 0 radical (unpaired) electrons. The van der Waals surface area contributed by atoms with Crippen molar-refractivity contribution in [3.05, 3.63) is 68.0 Å². The van der Waals surface area contributed by atoms with Gasteiger partial charge in [0.1, 0.15) is 5.82 Å². The highest BCUT2D eigenvalue weighted by Crippen LogP contribution is 2.30. The molecule has 1 atom stereocenters. The van der Waals surface area contributed by atoms with Crippen LogP contribution in [0.1, 0.15) is 27.6 Å². The van der Waals surface area contributed by atoms with E-state index in [1.54, 1.807) is 6.07 Å². The van der Waals surface area contributed by atoms with Gasteiger partial charge in [-0.05, 0) is 71.7 Å². The molecule has 2 aromatic rings. The van der Waals surface area contributed by atoms with Crippen molar-refractivity contribution in [1.29, 1.82) is 0 Å². The number of benzene rings is 2. The maximum atomic E-state index is 13.1. The molecule has 0 saturated heterocycles. The van der Waals surface area contributed by atoms with E-state index < -0.39 is 0 Å². The van der Waals surface area contributed by atoms with Crippen LogP contribution in [0.5, 0.6) is 0 Å². The molecule has 0 fully saturated rings. The van der Waals surface area contributed by atoms with Gasteiger partial charge in [-0.1, -0.05) is 29.8 Å². The van der Waals surface area contributed by atoms with Crippen LogP contribution >= 0.6 is 34.2 Å². The zero-order chi connectivity index (χ0) is 14.0. The van der Waals surface area contributed by atoms with Gasteiger partial charge in [-0.3, -0.25) is 0 Å². The fourth-order valence-electron chi connectivity index (χ4n) is 2.08. The minimum atomic E-state index is -0.219. The minimum absolute atomic E-state index is 0.131. The number of rotatable bonds is 3. The van der Waals surface area contributed by atoms with Crippen molar-refractivity contribution in [2.75, 3.05) is 0 Å². The maximum absolute atomic E-state index is 13.1. The molecule has 0 aliphatic rings. The summed E-state index contributed by atoms with van der Waals surface area (Å²) in [5.41, 5.74) is 4.72. The van der Waals surface area contributed by atoms with Gasteiger partial charge in [-0.25, -0.2) is 4.39 Å². The molecule has 3 heteroatoms. The highest BCUT2D eigenvalue weighted by Gasteiger charge is 2.14. The predicted octanol–water partition coefficient (Wildman–Crippen LogP) is 5.57. The third-order valence-electron chi connectivity index (χ3n) is 3.20. The van der Waals surface area contributed by atoms with Gasteiger partial charge >= 0.3 is 0 Å². The Labute approximate surface area is 132 Å². The second-order valence-electron chi connectivity index (χ2n) is 4.77. The smallest absolute Gasteiger partial charge is 0.124 e. The Bertz CT molecular complexity index is 595. The van der Waals surface area contributed by atoms with E-state index >= 15 is 0 Å². The van der Waals surface area contributed by atoms with Gasteiger partial charge in [-0.15, -0.1) is 11.6 Å². The van der Waals surface area contributed by atoms with E-state index in [1.807, 2.05) is 0 Å². The molecular weight excluding hydrogens is 374 g/mol. The van der Waals surface area contributed by atoms with Crippen LogP contribution in [0.3, 0.4) is 0 Å². The summed E-state index contributed by atoms with van der Waals surface area (Å²) in [5, 5.41) is -0.131. The lowest BCUT2D eigenvalue weighted by Crippen LogP contribution is -2.01. The number of aryl methyl sites for hydroxylation is 2. The summed E-state index contributed by atoms with van der Waals surface area (Å²) in [6.07, 6.45) is 0.761. The second-order valence-corrected chi connectivity index (χ2v) is 6.46. The molecule has 0 aromatic heterocycles. The SMILES string of the molecule is Cc1ccc(C)c(CC(Cl)c2ccc(F)cc2I)c1. The Kier molecular flexibility index (Phi) is 4.85. The van der Waals surface area contributed by atoms with E-state index in [2.05, 4.69) is 54.6 Å². The first kappa shape index (κ1) is 14.8. The van der Waals surface area contributed by atoms with Gasteiger partial charge < -0.3 is 0 Å². The molecule has 1 unspecified atom stereocenters. The Balaban J connectivity index is 2.25. The van der Waals surface area contributed by atoms with Crippen molar-refractivity contribution < 1.29 is 4.39 Å². The Morgan fingerprint density at radius 1 is 1.16 bits per heavy atom. The van der Waals surface area contributed by atoms with Crippen molar-refractivity contribution >= 4 is 34.2 Å². The summed E-state index contributed by atoms with van der Waals surface area (Å²) >= 11 is 8.63. The zero-order valence-corrected chi connectivity index (χ0v) is 13.8. The van der Waals surface area contributed by atoms with E-state index in [4.69, 9.17) is 11.6 Å². The molecule has 19 heavy (non-hydrogen) atoms. The minimum Gasteiger partial charge on any atom is -0.207 e. The van der Waals surface area contributed by atoms with Crippen molar-refractivity contribution in [1.82, 2.24) is 0 Å². The summed E-state index contributed by atoms with van der Waals surface area (Å²) in [5.74, 6) is -0.219. The van der Waals surface area contributed by atoms with E-state index in [1.165, 1.54) is 28.8 Å². The molecule has 2 rings (SSSR count). The van der Waals surface area contributed by atoms with Gasteiger partial charge in [-0.2, -0.15) is 0 Å². The number of alkyl halides is 1. The molecule has 100 valence electrons. The predicted molar refractivity (Wildman–Crippen MR) is 87.3 cm³/mol. The number of halogens is 3. The van der Waals surface area contributed by atoms with Gasteiger partial charge in [0.2, 0.25) is 0 Å². The largest absolute Gasteiger partial charge is 0.207 e. The van der Waals surface area contributed by atoms with E-state index in [0.29, 0.717) is 0 Å². The van der Waals surface area contributed by atoms with Crippen LogP contribution in [0.25, 0.3) is 0 Å². The van der Waals surface area contributed by atoms with Crippen LogP contribution in [0, 0.1) is 23.2 Å². The lowest BCUT2D eigenvalue weighted by molar-refractivity contribution is 0.625. The quantitative estimate of drug-likeness (QED) is 0.476. The summed E-state index contributed by atoms with van der Waals surface area (Å²) < 4.78 is 14.0. The second kappa shape index (κ2) is 6.23. The van der Waals surface area contributed by atoms with Crippen LogP contribution < -0.4 is 0 Å². The van der Waals surface area contributed by atoms with Gasteiger partial charge in [0.15, 0.2) is 0 Å². The summed E-state index contributed by atoms with van der Waals surface area (Å²) in [7, 11) is 0. The Morgan fingerprint density at radius 2 is 1.89 bits per heavy atom. The lowest BCUT2D eigenvalue weighted by atomic mass is 9.98. The highest BCUT2D eigenvalue weighted by atomic mass is 127. The molecule has 0 aliphatic carbocycles. The highest BCUT2D eigenvalue weighted by molar-refractivity contribution is 14.1. The molecule has 0 N–H and O–H groups in total. The maximum Gasteiger partial charge on any atom is 0.124 e. The standard InChI is InChI=1S/C16H15ClFI/c1-10-3-4-11(2)12(7-10)8-15(17)14-6-5-13(18)9-16(14)19/h3-7,9,15H,8H2,1-2H3. The van der Waals surface area contributed by atoms with Crippen LogP contribution in [-0.2, 0) is 6.42 Å². The molecule has 0 nitrogen and oxygen atoms in total. The van der Waals surface area contributed by atoms with E-state index in [9.17, 15) is 4.39 Å². The lowest BCUT2D eigenvalue weighted by Gasteiger charge is -2.14. The van der Waals surface area contributed by atoms with Crippen molar-refractivity contribution in [2.24, 2.45) is 0 Å². The average molecular weight is 389 g/mol. The van der Waals surface area contributed by atoms with Gasteiger partial charge in [0, 0.05) is 3.57 Å². The first-order valence-corrected chi connectivity index (χ1v) is 7.64. The molecule has 0 heterocycles. The summed E-state index contributed by atoms with van der Waals surface area (Å²) in [6, 6.07) is 11.2. The fraction of sp³-hybridized carbons (Fsp3) is 0.250. The first-order chi connectivity index (χ1) is 8.97.